The largest absolute Gasteiger partial charge is 0.271 e. The Morgan fingerprint density at radius 3 is 2.40 bits per heavy atom. The van der Waals surface area contributed by atoms with Crippen molar-refractivity contribution in [1.82, 2.24) is 5.43 Å². The van der Waals surface area contributed by atoms with E-state index in [1.165, 1.54) is 0 Å². The van der Waals surface area contributed by atoms with Gasteiger partial charge in [0.2, 0.25) is 0 Å². The van der Waals surface area contributed by atoms with Crippen LogP contribution in [0.3, 0.4) is 0 Å². The van der Waals surface area contributed by atoms with E-state index in [2.05, 4.69) is 5.43 Å². The van der Waals surface area contributed by atoms with Gasteiger partial charge in [-0.15, -0.1) is 0 Å². The van der Waals surface area contributed by atoms with Gasteiger partial charge in [-0.25, -0.2) is 0 Å². The molecule has 0 bridgehead atoms. The van der Waals surface area contributed by atoms with Crippen LogP contribution in [0.15, 0.2) is 36.4 Å². The molecule has 0 aliphatic heterocycles. The normalized spacial score (nSPS) is 12.4. The van der Waals surface area contributed by atoms with Crippen LogP contribution in [-0.2, 0) is 6.42 Å². The summed E-state index contributed by atoms with van der Waals surface area (Å²) in [5, 5.41) is 2.17. The van der Waals surface area contributed by atoms with E-state index in [-0.39, 0.29) is 6.04 Å². The predicted octanol–water partition coefficient (Wildman–Crippen LogP) is 5.05. The van der Waals surface area contributed by atoms with E-state index in [4.69, 9.17) is 52.2 Å². The van der Waals surface area contributed by atoms with Gasteiger partial charge in [0.05, 0.1) is 16.1 Å². The summed E-state index contributed by atoms with van der Waals surface area (Å²) < 4.78 is 0. The van der Waals surface area contributed by atoms with E-state index in [0.29, 0.717) is 26.5 Å². The SMILES string of the molecule is NNC(Cc1ccc(Cl)cc1Cl)c1cccc(Cl)c1Cl. The number of benzene rings is 2. The zero-order valence-electron chi connectivity index (χ0n) is 10.3. The topological polar surface area (TPSA) is 38.0 Å². The van der Waals surface area contributed by atoms with Crippen LogP contribution in [0, 0.1) is 0 Å². The lowest BCUT2D eigenvalue weighted by molar-refractivity contribution is 0.552. The van der Waals surface area contributed by atoms with Gasteiger partial charge in [0.1, 0.15) is 0 Å². The Hall–Kier alpha value is -0.480. The average Bonchev–Trinajstić information content (AvgIpc) is 2.42. The maximum atomic E-state index is 6.22. The molecule has 0 aromatic heterocycles. The van der Waals surface area contributed by atoms with Crippen molar-refractivity contribution >= 4 is 46.4 Å². The zero-order valence-corrected chi connectivity index (χ0v) is 13.4. The van der Waals surface area contributed by atoms with Gasteiger partial charge in [0.15, 0.2) is 0 Å². The molecule has 2 nitrogen and oxygen atoms in total. The Labute approximate surface area is 137 Å². The first-order valence-electron chi connectivity index (χ1n) is 5.87. The van der Waals surface area contributed by atoms with Crippen molar-refractivity contribution < 1.29 is 0 Å². The lowest BCUT2D eigenvalue weighted by Crippen LogP contribution is -2.29. The highest BCUT2D eigenvalue weighted by atomic mass is 35.5. The number of nitrogens with two attached hydrogens (primary N) is 1. The standard InChI is InChI=1S/C14H12Cl4N2/c15-9-5-4-8(12(17)7-9)6-13(20-19)10-2-1-3-11(16)14(10)18/h1-5,7,13,20H,6,19H2. The highest BCUT2D eigenvalue weighted by molar-refractivity contribution is 6.42. The summed E-state index contributed by atoms with van der Waals surface area (Å²) in [4.78, 5) is 0. The molecule has 6 heteroatoms. The Bertz CT molecular complexity index is 616. The molecule has 2 rings (SSSR count). The van der Waals surface area contributed by atoms with Crippen molar-refractivity contribution in [2.24, 2.45) is 5.84 Å². The van der Waals surface area contributed by atoms with E-state index in [0.717, 1.165) is 11.1 Å². The van der Waals surface area contributed by atoms with Crippen LogP contribution in [0.25, 0.3) is 0 Å². The van der Waals surface area contributed by atoms with Gasteiger partial charge in [0, 0.05) is 10.0 Å². The molecule has 0 saturated heterocycles. The van der Waals surface area contributed by atoms with Gasteiger partial charge in [-0.3, -0.25) is 11.3 Å². The van der Waals surface area contributed by atoms with Crippen molar-refractivity contribution in [1.29, 1.82) is 0 Å². The van der Waals surface area contributed by atoms with Crippen molar-refractivity contribution in [3.8, 4) is 0 Å². The molecule has 2 aromatic rings. The first kappa shape index (κ1) is 15.9. The van der Waals surface area contributed by atoms with E-state index < -0.39 is 0 Å². The van der Waals surface area contributed by atoms with Crippen molar-refractivity contribution in [3.05, 3.63) is 67.6 Å². The number of hydrazine groups is 1. The lowest BCUT2D eigenvalue weighted by Gasteiger charge is -2.19. The smallest absolute Gasteiger partial charge is 0.0640 e. The van der Waals surface area contributed by atoms with Crippen LogP contribution in [0.2, 0.25) is 20.1 Å². The highest BCUT2D eigenvalue weighted by Crippen LogP contribution is 2.32. The Morgan fingerprint density at radius 2 is 1.75 bits per heavy atom. The molecule has 0 aliphatic rings. The van der Waals surface area contributed by atoms with Gasteiger partial charge in [-0.2, -0.15) is 0 Å². The van der Waals surface area contributed by atoms with Crippen molar-refractivity contribution in [3.63, 3.8) is 0 Å². The first-order valence-corrected chi connectivity index (χ1v) is 7.38. The minimum Gasteiger partial charge on any atom is -0.271 e. The van der Waals surface area contributed by atoms with Crippen LogP contribution in [-0.4, -0.2) is 0 Å². The number of rotatable bonds is 4. The maximum Gasteiger partial charge on any atom is 0.0640 e. The summed E-state index contributed by atoms with van der Waals surface area (Å²) in [7, 11) is 0. The summed E-state index contributed by atoms with van der Waals surface area (Å²) in [6, 6.07) is 10.6. The minimum atomic E-state index is -0.195. The van der Waals surface area contributed by atoms with Crippen molar-refractivity contribution in [2.45, 2.75) is 12.5 Å². The Balaban J connectivity index is 2.31. The Kier molecular flexibility index (Phi) is 5.56. The Morgan fingerprint density at radius 1 is 1.00 bits per heavy atom. The lowest BCUT2D eigenvalue weighted by atomic mass is 9.99. The summed E-state index contributed by atoms with van der Waals surface area (Å²) in [6.45, 7) is 0. The fourth-order valence-corrected chi connectivity index (χ4v) is 2.88. The molecular weight excluding hydrogens is 338 g/mol. The number of nitrogens with one attached hydrogen (secondary N) is 1. The third-order valence-corrected chi connectivity index (χ3v) is 4.42. The molecule has 0 saturated carbocycles. The molecule has 2 aromatic carbocycles. The number of hydrogen-bond donors (Lipinski definition) is 2. The monoisotopic (exact) mass is 348 g/mol. The molecule has 1 unspecified atom stereocenters. The summed E-state index contributed by atoms with van der Waals surface area (Å²) >= 11 is 24.3. The summed E-state index contributed by atoms with van der Waals surface area (Å²) in [5.74, 6) is 5.63. The van der Waals surface area contributed by atoms with Crippen LogP contribution in [0.1, 0.15) is 17.2 Å². The van der Waals surface area contributed by atoms with Crippen LogP contribution >= 0.6 is 46.4 Å². The molecule has 0 heterocycles. The van der Waals surface area contributed by atoms with Crippen LogP contribution < -0.4 is 11.3 Å². The van der Waals surface area contributed by atoms with E-state index in [1.807, 2.05) is 18.2 Å². The quantitative estimate of drug-likeness (QED) is 0.598. The summed E-state index contributed by atoms with van der Waals surface area (Å²) in [5.41, 5.74) is 4.49. The van der Waals surface area contributed by atoms with Gasteiger partial charge in [-0.05, 0) is 35.7 Å². The summed E-state index contributed by atoms with van der Waals surface area (Å²) in [6.07, 6.45) is 0.576. The van der Waals surface area contributed by atoms with E-state index in [9.17, 15) is 0 Å². The maximum absolute atomic E-state index is 6.22. The number of halogens is 4. The molecule has 0 radical (unpaired) electrons. The minimum absolute atomic E-state index is 0.195. The molecule has 106 valence electrons. The molecule has 3 N–H and O–H groups in total. The molecule has 0 aliphatic carbocycles. The predicted molar refractivity (Wildman–Crippen MR) is 86.7 cm³/mol. The highest BCUT2D eigenvalue weighted by Gasteiger charge is 2.17. The van der Waals surface area contributed by atoms with Gasteiger partial charge in [-0.1, -0.05) is 64.6 Å². The van der Waals surface area contributed by atoms with Gasteiger partial charge < -0.3 is 0 Å². The zero-order chi connectivity index (χ0) is 14.7. The number of hydrogen-bond acceptors (Lipinski definition) is 2. The average molecular weight is 350 g/mol. The second kappa shape index (κ2) is 6.99. The van der Waals surface area contributed by atoms with E-state index >= 15 is 0 Å². The van der Waals surface area contributed by atoms with Crippen LogP contribution in [0.5, 0.6) is 0 Å². The fraction of sp³-hybridized carbons (Fsp3) is 0.143. The second-order valence-electron chi connectivity index (χ2n) is 4.30. The van der Waals surface area contributed by atoms with E-state index in [1.54, 1.807) is 18.2 Å². The molecule has 0 fully saturated rings. The van der Waals surface area contributed by atoms with Gasteiger partial charge in [0.25, 0.3) is 0 Å². The molecule has 1 atom stereocenters. The van der Waals surface area contributed by atoms with Gasteiger partial charge >= 0.3 is 0 Å². The third kappa shape index (κ3) is 3.59. The molecule has 20 heavy (non-hydrogen) atoms. The molecule has 0 spiro atoms. The first-order chi connectivity index (χ1) is 9.52. The van der Waals surface area contributed by atoms with Crippen molar-refractivity contribution in [2.75, 3.05) is 0 Å². The van der Waals surface area contributed by atoms with Crippen LogP contribution in [0.4, 0.5) is 0 Å². The molecular formula is C14H12Cl4N2. The fourth-order valence-electron chi connectivity index (χ4n) is 1.96. The second-order valence-corrected chi connectivity index (χ2v) is 5.93. The third-order valence-electron chi connectivity index (χ3n) is 3.00. The molecule has 0 amide bonds.